The van der Waals surface area contributed by atoms with Gasteiger partial charge in [-0.3, -0.25) is 4.90 Å². The minimum atomic E-state index is -0.259. The largest absolute Gasteiger partial charge is 0.360 e. The van der Waals surface area contributed by atoms with E-state index in [1.54, 1.807) is 18.3 Å². The van der Waals surface area contributed by atoms with E-state index in [1.807, 2.05) is 36.1 Å². The average molecular weight is 376 g/mol. The fraction of sp³-hybridized carbons (Fsp3) is 0.182. The molecule has 0 unspecified atom stereocenters. The number of hydrogen-bond donors (Lipinski definition) is 0. The summed E-state index contributed by atoms with van der Waals surface area (Å²) in [6, 6.07) is 16.5. The molecule has 0 saturated carbocycles. The molecule has 28 heavy (non-hydrogen) atoms. The molecule has 0 saturated heterocycles. The second-order valence-corrected chi connectivity index (χ2v) is 6.94. The third-order valence-corrected chi connectivity index (χ3v) is 4.56. The number of halogens is 1. The summed E-state index contributed by atoms with van der Waals surface area (Å²) < 4.78 is 20.5. The number of nitrogens with zero attached hydrogens (tertiary/aromatic N) is 4. The normalized spacial score (nSPS) is 11.3. The molecule has 0 bridgehead atoms. The molecule has 2 aromatic carbocycles. The Labute approximate surface area is 163 Å². The van der Waals surface area contributed by atoms with Gasteiger partial charge in [-0.25, -0.2) is 9.07 Å². The van der Waals surface area contributed by atoms with Crippen molar-refractivity contribution in [2.45, 2.75) is 20.0 Å². The standard InChI is InChI=1S/C22H21FN4O/c1-16-3-9-20(10-4-16)27-14-18(13-26(2)15-21-11-12-24-28-21)22(25-27)17-5-7-19(23)8-6-17/h3-12,14H,13,15H2,1-2H3. The van der Waals surface area contributed by atoms with Gasteiger partial charge in [0.2, 0.25) is 0 Å². The number of aromatic nitrogens is 3. The SMILES string of the molecule is Cc1ccc(-n2cc(CN(C)Cc3ccno3)c(-c3ccc(F)cc3)n2)cc1. The monoisotopic (exact) mass is 376 g/mol. The summed E-state index contributed by atoms with van der Waals surface area (Å²) in [5, 5.41) is 8.54. The molecular weight excluding hydrogens is 355 g/mol. The molecule has 0 aliphatic carbocycles. The third-order valence-electron chi connectivity index (χ3n) is 4.56. The van der Waals surface area contributed by atoms with Gasteiger partial charge >= 0.3 is 0 Å². The molecule has 0 amide bonds. The summed E-state index contributed by atoms with van der Waals surface area (Å²) in [5.41, 5.74) is 4.95. The Morgan fingerprint density at radius 1 is 1.00 bits per heavy atom. The van der Waals surface area contributed by atoms with E-state index in [-0.39, 0.29) is 5.82 Å². The maximum absolute atomic E-state index is 13.4. The summed E-state index contributed by atoms with van der Waals surface area (Å²) >= 11 is 0. The Morgan fingerprint density at radius 3 is 2.43 bits per heavy atom. The van der Waals surface area contributed by atoms with Gasteiger partial charge in [0.1, 0.15) is 5.82 Å². The summed E-state index contributed by atoms with van der Waals surface area (Å²) in [4.78, 5) is 2.13. The quantitative estimate of drug-likeness (QED) is 0.493. The van der Waals surface area contributed by atoms with Crippen molar-refractivity contribution in [2.75, 3.05) is 7.05 Å². The zero-order valence-corrected chi connectivity index (χ0v) is 15.8. The molecule has 0 N–H and O–H groups in total. The van der Waals surface area contributed by atoms with Crippen molar-refractivity contribution in [1.82, 2.24) is 19.8 Å². The fourth-order valence-electron chi connectivity index (χ4n) is 3.14. The van der Waals surface area contributed by atoms with Crippen LogP contribution in [0.2, 0.25) is 0 Å². The first-order chi connectivity index (χ1) is 13.6. The number of rotatable bonds is 6. The lowest BCUT2D eigenvalue weighted by Gasteiger charge is -2.14. The van der Waals surface area contributed by atoms with Crippen molar-refractivity contribution < 1.29 is 8.91 Å². The number of hydrogen-bond acceptors (Lipinski definition) is 4. The van der Waals surface area contributed by atoms with Crippen LogP contribution in [0.1, 0.15) is 16.9 Å². The van der Waals surface area contributed by atoms with E-state index in [9.17, 15) is 4.39 Å². The average Bonchev–Trinajstić information content (AvgIpc) is 3.33. The van der Waals surface area contributed by atoms with Gasteiger partial charge < -0.3 is 4.52 Å². The molecule has 0 aliphatic rings. The molecular formula is C22H21FN4O. The van der Waals surface area contributed by atoms with E-state index in [0.29, 0.717) is 13.1 Å². The van der Waals surface area contributed by atoms with Crippen molar-refractivity contribution in [3.8, 4) is 16.9 Å². The van der Waals surface area contributed by atoms with Crippen LogP contribution < -0.4 is 0 Å². The first-order valence-corrected chi connectivity index (χ1v) is 9.08. The Bertz CT molecular complexity index is 1040. The first kappa shape index (κ1) is 18.1. The zero-order valence-electron chi connectivity index (χ0n) is 15.8. The van der Waals surface area contributed by atoms with Gasteiger partial charge in [-0.05, 0) is 50.4 Å². The first-order valence-electron chi connectivity index (χ1n) is 9.08. The fourth-order valence-corrected chi connectivity index (χ4v) is 3.14. The van der Waals surface area contributed by atoms with Gasteiger partial charge in [0, 0.05) is 29.9 Å². The smallest absolute Gasteiger partial charge is 0.150 e. The van der Waals surface area contributed by atoms with Crippen molar-refractivity contribution >= 4 is 0 Å². The van der Waals surface area contributed by atoms with Crippen LogP contribution in [-0.4, -0.2) is 26.9 Å². The molecule has 0 radical (unpaired) electrons. The minimum absolute atomic E-state index is 0.259. The van der Waals surface area contributed by atoms with E-state index in [4.69, 9.17) is 9.62 Å². The van der Waals surface area contributed by atoms with E-state index in [2.05, 4.69) is 29.1 Å². The van der Waals surface area contributed by atoms with E-state index >= 15 is 0 Å². The van der Waals surface area contributed by atoms with Crippen LogP contribution in [0.4, 0.5) is 4.39 Å². The minimum Gasteiger partial charge on any atom is -0.360 e. The summed E-state index contributed by atoms with van der Waals surface area (Å²) in [6.07, 6.45) is 3.67. The molecule has 0 spiro atoms. The molecule has 142 valence electrons. The predicted molar refractivity (Wildman–Crippen MR) is 105 cm³/mol. The van der Waals surface area contributed by atoms with Gasteiger partial charge in [0.05, 0.1) is 24.1 Å². The van der Waals surface area contributed by atoms with Crippen molar-refractivity contribution in [3.05, 3.63) is 89.7 Å². The molecule has 6 heteroatoms. The molecule has 2 heterocycles. The van der Waals surface area contributed by atoms with Crippen LogP contribution in [0.5, 0.6) is 0 Å². The van der Waals surface area contributed by atoms with Gasteiger partial charge in [-0.1, -0.05) is 22.9 Å². The van der Waals surface area contributed by atoms with Crippen molar-refractivity contribution in [3.63, 3.8) is 0 Å². The Balaban J connectivity index is 1.67. The third kappa shape index (κ3) is 4.02. The lowest BCUT2D eigenvalue weighted by Crippen LogP contribution is -2.17. The predicted octanol–water partition coefficient (Wildman–Crippen LogP) is 4.61. The molecule has 2 aromatic heterocycles. The number of aryl methyl sites for hydroxylation is 1. The van der Waals surface area contributed by atoms with Crippen LogP contribution in [0.15, 0.2) is 71.5 Å². The molecule has 4 aromatic rings. The van der Waals surface area contributed by atoms with Crippen LogP contribution in [0, 0.1) is 12.7 Å². The lowest BCUT2D eigenvalue weighted by atomic mass is 10.1. The molecule has 4 rings (SSSR count). The van der Waals surface area contributed by atoms with Crippen molar-refractivity contribution in [2.24, 2.45) is 0 Å². The maximum Gasteiger partial charge on any atom is 0.150 e. The molecule has 0 aliphatic heterocycles. The van der Waals surface area contributed by atoms with Crippen LogP contribution in [-0.2, 0) is 13.1 Å². The highest BCUT2D eigenvalue weighted by Crippen LogP contribution is 2.25. The van der Waals surface area contributed by atoms with Gasteiger partial charge in [-0.2, -0.15) is 5.10 Å². The second-order valence-electron chi connectivity index (χ2n) is 6.94. The highest BCUT2D eigenvalue weighted by molar-refractivity contribution is 5.63. The van der Waals surface area contributed by atoms with E-state index < -0.39 is 0 Å². The summed E-state index contributed by atoms with van der Waals surface area (Å²) in [6.45, 7) is 3.36. The van der Waals surface area contributed by atoms with E-state index in [0.717, 1.165) is 28.3 Å². The lowest BCUT2D eigenvalue weighted by molar-refractivity contribution is 0.267. The maximum atomic E-state index is 13.4. The zero-order chi connectivity index (χ0) is 19.5. The Hall–Kier alpha value is -3.25. The van der Waals surface area contributed by atoms with Crippen LogP contribution >= 0.6 is 0 Å². The van der Waals surface area contributed by atoms with Crippen molar-refractivity contribution in [1.29, 1.82) is 0 Å². The summed E-state index contributed by atoms with van der Waals surface area (Å²) in [7, 11) is 2.01. The van der Waals surface area contributed by atoms with Crippen LogP contribution in [0.3, 0.4) is 0 Å². The van der Waals surface area contributed by atoms with E-state index in [1.165, 1.54) is 17.7 Å². The highest BCUT2D eigenvalue weighted by atomic mass is 19.1. The molecule has 0 atom stereocenters. The van der Waals surface area contributed by atoms with Gasteiger partial charge in [0.15, 0.2) is 5.76 Å². The van der Waals surface area contributed by atoms with Gasteiger partial charge in [0.25, 0.3) is 0 Å². The number of benzene rings is 2. The Morgan fingerprint density at radius 2 is 1.75 bits per heavy atom. The second kappa shape index (κ2) is 7.78. The van der Waals surface area contributed by atoms with Crippen LogP contribution in [0.25, 0.3) is 16.9 Å². The Kier molecular flexibility index (Phi) is 5.04. The van der Waals surface area contributed by atoms with Gasteiger partial charge in [-0.15, -0.1) is 0 Å². The molecule has 0 fully saturated rings. The summed E-state index contributed by atoms with van der Waals surface area (Å²) in [5.74, 6) is 0.544. The topological polar surface area (TPSA) is 47.1 Å². The highest BCUT2D eigenvalue weighted by Gasteiger charge is 2.15. The molecule has 5 nitrogen and oxygen atoms in total.